The van der Waals surface area contributed by atoms with E-state index in [2.05, 4.69) is 35.2 Å². The maximum atomic E-state index is 5.93. The fourth-order valence-corrected chi connectivity index (χ4v) is 2.94. The molecule has 20 heavy (non-hydrogen) atoms. The Balaban J connectivity index is 1.73. The number of nitrogens with zero attached hydrogens (tertiary/aromatic N) is 2. The van der Waals surface area contributed by atoms with Crippen LogP contribution in [0.3, 0.4) is 0 Å². The summed E-state index contributed by atoms with van der Waals surface area (Å²) in [7, 11) is 0. The molecule has 3 nitrogen and oxygen atoms in total. The average molecular weight is 291 g/mol. The van der Waals surface area contributed by atoms with Gasteiger partial charge in [-0.3, -0.25) is 4.90 Å². The summed E-state index contributed by atoms with van der Waals surface area (Å²) in [4.78, 5) is 2.46. The highest BCUT2D eigenvalue weighted by atomic mass is 35.5. The Morgan fingerprint density at radius 3 is 2.85 bits per heavy atom. The lowest BCUT2D eigenvalue weighted by molar-refractivity contribution is 0.206. The molecule has 0 N–H and O–H groups in total. The zero-order valence-corrected chi connectivity index (χ0v) is 12.4. The molecule has 1 aromatic carbocycles. The van der Waals surface area contributed by atoms with E-state index < -0.39 is 0 Å². The number of hydrogen-bond donors (Lipinski definition) is 0. The van der Waals surface area contributed by atoms with E-state index in [0.717, 1.165) is 42.4 Å². The van der Waals surface area contributed by atoms with Gasteiger partial charge in [-0.1, -0.05) is 35.8 Å². The summed E-state index contributed by atoms with van der Waals surface area (Å²) in [5.41, 5.74) is 2.33. The van der Waals surface area contributed by atoms with Crippen LogP contribution < -0.4 is 0 Å². The Bertz CT molecular complexity index is 564. The lowest BCUT2D eigenvalue weighted by Gasteiger charge is -2.22. The molecule has 0 amide bonds. The van der Waals surface area contributed by atoms with Crippen LogP contribution in [-0.2, 0) is 13.0 Å². The van der Waals surface area contributed by atoms with Crippen molar-refractivity contribution in [2.24, 2.45) is 0 Å². The number of rotatable bonds is 4. The van der Waals surface area contributed by atoms with Gasteiger partial charge in [-0.2, -0.15) is 0 Å². The SMILES string of the molecule is CCc1cc([C@@H]2CCCN2Cc2ccc(Cl)cc2)on1. The highest BCUT2D eigenvalue weighted by molar-refractivity contribution is 6.30. The van der Waals surface area contributed by atoms with Crippen molar-refractivity contribution in [3.05, 3.63) is 52.4 Å². The van der Waals surface area contributed by atoms with Crippen molar-refractivity contribution in [2.45, 2.75) is 38.8 Å². The molecule has 106 valence electrons. The molecule has 2 aromatic rings. The third kappa shape index (κ3) is 2.89. The van der Waals surface area contributed by atoms with Gasteiger partial charge in [0.1, 0.15) is 0 Å². The zero-order valence-electron chi connectivity index (χ0n) is 11.7. The minimum Gasteiger partial charge on any atom is -0.359 e. The number of benzene rings is 1. The van der Waals surface area contributed by atoms with Gasteiger partial charge >= 0.3 is 0 Å². The van der Waals surface area contributed by atoms with Gasteiger partial charge in [-0.15, -0.1) is 0 Å². The van der Waals surface area contributed by atoms with Crippen molar-refractivity contribution in [3.63, 3.8) is 0 Å². The Kier molecular flexibility index (Phi) is 4.08. The topological polar surface area (TPSA) is 29.3 Å². The van der Waals surface area contributed by atoms with Gasteiger partial charge in [0.15, 0.2) is 5.76 Å². The van der Waals surface area contributed by atoms with Crippen LogP contribution in [0.5, 0.6) is 0 Å². The quantitative estimate of drug-likeness (QED) is 0.844. The zero-order chi connectivity index (χ0) is 13.9. The Labute approximate surface area is 124 Å². The van der Waals surface area contributed by atoms with Crippen LogP contribution in [0.15, 0.2) is 34.9 Å². The number of aromatic nitrogens is 1. The standard InChI is InChI=1S/C16H19ClN2O/c1-2-14-10-16(20-18-14)15-4-3-9-19(15)11-12-5-7-13(17)8-6-12/h5-8,10,15H,2-4,9,11H2,1H3/t15-/m0/s1. The Morgan fingerprint density at radius 1 is 1.35 bits per heavy atom. The summed E-state index contributed by atoms with van der Waals surface area (Å²) >= 11 is 5.93. The van der Waals surface area contributed by atoms with E-state index in [0.29, 0.717) is 6.04 Å². The molecular formula is C16H19ClN2O. The van der Waals surface area contributed by atoms with E-state index in [4.69, 9.17) is 16.1 Å². The number of halogens is 1. The van der Waals surface area contributed by atoms with Crippen LogP contribution in [0.4, 0.5) is 0 Å². The first-order valence-electron chi connectivity index (χ1n) is 7.20. The first-order valence-corrected chi connectivity index (χ1v) is 7.58. The fourth-order valence-electron chi connectivity index (χ4n) is 2.81. The van der Waals surface area contributed by atoms with E-state index in [-0.39, 0.29) is 0 Å². The third-order valence-electron chi connectivity index (χ3n) is 3.93. The molecule has 3 rings (SSSR count). The third-order valence-corrected chi connectivity index (χ3v) is 4.18. The molecule has 0 radical (unpaired) electrons. The molecule has 1 aromatic heterocycles. The van der Waals surface area contributed by atoms with Crippen molar-refractivity contribution in [2.75, 3.05) is 6.54 Å². The molecule has 1 atom stereocenters. The molecule has 0 saturated carbocycles. The monoisotopic (exact) mass is 290 g/mol. The molecule has 0 aliphatic carbocycles. The molecule has 1 aliphatic rings. The van der Waals surface area contributed by atoms with Gasteiger partial charge in [0.25, 0.3) is 0 Å². The molecule has 1 fully saturated rings. The highest BCUT2D eigenvalue weighted by Gasteiger charge is 2.29. The normalized spacial score (nSPS) is 19.6. The van der Waals surface area contributed by atoms with Gasteiger partial charge in [0.05, 0.1) is 11.7 Å². The molecule has 2 heterocycles. The Hall–Kier alpha value is -1.32. The first-order chi connectivity index (χ1) is 9.76. The van der Waals surface area contributed by atoms with E-state index in [1.807, 2.05) is 12.1 Å². The molecular weight excluding hydrogens is 272 g/mol. The maximum Gasteiger partial charge on any atom is 0.154 e. The van der Waals surface area contributed by atoms with Crippen LogP contribution in [-0.4, -0.2) is 16.6 Å². The van der Waals surface area contributed by atoms with Crippen molar-refractivity contribution in [1.82, 2.24) is 10.1 Å². The minimum atomic E-state index is 0.360. The second-order valence-electron chi connectivity index (χ2n) is 5.33. The molecule has 0 spiro atoms. The van der Waals surface area contributed by atoms with Crippen molar-refractivity contribution < 1.29 is 4.52 Å². The smallest absolute Gasteiger partial charge is 0.154 e. The minimum absolute atomic E-state index is 0.360. The average Bonchev–Trinajstić information content (AvgIpc) is 3.09. The number of likely N-dealkylation sites (tertiary alicyclic amines) is 1. The summed E-state index contributed by atoms with van der Waals surface area (Å²) in [6.45, 7) is 4.14. The largest absolute Gasteiger partial charge is 0.359 e. The lowest BCUT2D eigenvalue weighted by atomic mass is 10.1. The van der Waals surface area contributed by atoms with Gasteiger partial charge in [0, 0.05) is 17.6 Å². The lowest BCUT2D eigenvalue weighted by Crippen LogP contribution is -2.22. The van der Waals surface area contributed by atoms with Crippen molar-refractivity contribution >= 4 is 11.6 Å². The molecule has 0 bridgehead atoms. The van der Waals surface area contributed by atoms with E-state index in [9.17, 15) is 0 Å². The van der Waals surface area contributed by atoms with Crippen LogP contribution in [0.2, 0.25) is 5.02 Å². The summed E-state index contributed by atoms with van der Waals surface area (Å²) < 4.78 is 5.51. The van der Waals surface area contributed by atoms with Gasteiger partial charge in [0.2, 0.25) is 0 Å². The van der Waals surface area contributed by atoms with Crippen LogP contribution in [0.1, 0.15) is 42.8 Å². The predicted octanol–water partition coefficient (Wildman–Crippen LogP) is 4.23. The van der Waals surface area contributed by atoms with E-state index >= 15 is 0 Å². The number of hydrogen-bond acceptors (Lipinski definition) is 3. The molecule has 1 aliphatic heterocycles. The Morgan fingerprint density at radius 2 is 2.15 bits per heavy atom. The van der Waals surface area contributed by atoms with E-state index in [1.54, 1.807) is 0 Å². The summed E-state index contributed by atoms with van der Waals surface area (Å²) in [5.74, 6) is 1.01. The van der Waals surface area contributed by atoms with Gasteiger partial charge in [-0.05, 0) is 43.5 Å². The molecule has 1 saturated heterocycles. The summed E-state index contributed by atoms with van der Waals surface area (Å²) in [6.07, 6.45) is 3.28. The first kappa shape index (κ1) is 13.7. The highest BCUT2D eigenvalue weighted by Crippen LogP contribution is 2.33. The summed E-state index contributed by atoms with van der Waals surface area (Å²) in [5, 5.41) is 4.90. The van der Waals surface area contributed by atoms with Crippen molar-refractivity contribution in [1.29, 1.82) is 0 Å². The molecule has 0 unspecified atom stereocenters. The molecule has 4 heteroatoms. The van der Waals surface area contributed by atoms with E-state index in [1.165, 1.54) is 12.0 Å². The number of aryl methyl sites for hydroxylation is 1. The van der Waals surface area contributed by atoms with Crippen LogP contribution in [0.25, 0.3) is 0 Å². The summed E-state index contributed by atoms with van der Waals surface area (Å²) in [6, 6.07) is 10.5. The van der Waals surface area contributed by atoms with Crippen LogP contribution in [0, 0.1) is 0 Å². The van der Waals surface area contributed by atoms with Gasteiger partial charge < -0.3 is 4.52 Å². The van der Waals surface area contributed by atoms with Crippen LogP contribution >= 0.6 is 11.6 Å². The maximum absolute atomic E-state index is 5.93. The second-order valence-corrected chi connectivity index (χ2v) is 5.77. The second kappa shape index (κ2) is 5.98. The van der Waals surface area contributed by atoms with Crippen molar-refractivity contribution in [3.8, 4) is 0 Å². The predicted molar refractivity (Wildman–Crippen MR) is 79.7 cm³/mol. The van der Waals surface area contributed by atoms with Gasteiger partial charge in [-0.25, -0.2) is 0 Å². The fraction of sp³-hybridized carbons (Fsp3) is 0.438.